The molecule has 1 aromatic heterocycles. The second kappa shape index (κ2) is 6.83. The summed E-state index contributed by atoms with van der Waals surface area (Å²) in [6, 6.07) is 0. The number of rotatable bonds is 8. The topological polar surface area (TPSA) is 78.1 Å². The van der Waals surface area contributed by atoms with Gasteiger partial charge in [0.15, 0.2) is 5.03 Å². The average Bonchev–Trinajstić information content (AvgIpc) is 2.72. The maximum Gasteiger partial charge on any atom is 0.262 e. The van der Waals surface area contributed by atoms with E-state index in [0.29, 0.717) is 25.2 Å². The van der Waals surface area contributed by atoms with E-state index in [0.717, 1.165) is 12.1 Å². The summed E-state index contributed by atoms with van der Waals surface area (Å²) < 4.78 is 26.6. The highest BCUT2D eigenvalue weighted by Crippen LogP contribution is 2.20. The molecule has 1 rings (SSSR count). The van der Waals surface area contributed by atoms with E-state index < -0.39 is 10.0 Å². The van der Waals surface area contributed by atoms with Crippen LogP contribution < -0.4 is 5.32 Å². The first-order valence-corrected chi connectivity index (χ1v) is 7.72. The number of sulfonamides is 1. The van der Waals surface area contributed by atoms with Crippen LogP contribution >= 0.6 is 0 Å². The zero-order chi connectivity index (χ0) is 14.5. The number of aromatic nitrogens is 2. The Hall–Kier alpha value is -1.18. The fourth-order valence-electron chi connectivity index (χ4n) is 1.85. The normalized spacial score (nSPS) is 12.0. The Bertz CT molecular complexity index is 522. The van der Waals surface area contributed by atoms with Gasteiger partial charge in [0.25, 0.3) is 10.0 Å². The molecule has 0 aliphatic carbocycles. The van der Waals surface area contributed by atoms with Crippen molar-refractivity contribution in [3.05, 3.63) is 23.9 Å². The molecule has 108 valence electrons. The fraction of sp³-hybridized carbons (Fsp3) is 0.583. The van der Waals surface area contributed by atoms with E-state index in [1.54, 1.807) is 13.1 Å². The molecule has 0 aliphatic rings. The number of H-pyrrole nitrogens is 1. The Labute approximate surface area is 114 Å². The highest BCUT2D eigenvalue weighted by molar-refractivity contribution is 7.89. The molecular weight excluding hydrogens is 264 g/mol. The standard InChI is InChI=1S/C12H22N4O2S/c1-5-7-16(8-6-2)19(17,18)12-11(9-13-4)10(3)14-15-12/h5,13H,1,6-9H2,2-4H3,(H,14,15). The van der Waals surface area contributed by atoms with Gasteiger partial charge in [0.05, 0.1) is 0 Å². The lowest BCUT2D eigenvalue weighted by atomic mass is 10.3. The molecule has 0 atom stereocenters. The summed E-state index contributed by atoms with van der Waals surface area (Å²) in [6.07, 6.45) is 2.34. The molecule has 7 heteroatoms. The molecule has 0 amide bonds. The van der Waals surface area contributed by atoms with E-state index in [1.807, 2.05) is 13.8 Å². The molecule has 0 saturated carbocycles. The Morgan fingerprint density at radius 2 is 2.21 bits per heavy atom. The molecule has 1 aromatic rings. The second-order valence-corrected chi connectivity index (χ2v) is 6.17. The lowest BCUT2D eigenvalue weighted by molar-refractivity contribution is 0.438. The van der Waals surface area contributed by atoms with Crippen LogP contribution in [-0.4, -0.2) is 43.1 Å². The van der Waals surface area contributed by atoms with Gasteiger partial charge in [-0.2, -0.15) is 9.40 Å². The lowest BCUT2D eigenvalue weighted by Crippen LogP contribution is -2.33. The lowest BCUT2D eigenvalue weighted by Gasteiger charge is -2.19. The predicted octanol–water partition coefficient (Wildman–Crippen LogP) is 1.02. The van der Waals surface area contributed by atoms with Crippen LogP contribution in [0.25, 0.3) is 0 Å². The Kier molecular flexibility index (Phi) is 5.71. The first kappa shape index (κ1) is 15.9. The van der Waals surface area contributed by atoms with Gasteiger partial charge in [-0.05, 0) is 20.4 Å². The predicted molar refractivity (Wildman–Crippen MR) is 75.3 cm³/mol. The molecular formula is C12H22N4O2S. The third-order valence-electron chi connectivity index (χ3n) is 2.78. The highest BCUT2D eigenvalue weighted by Gasteiger charge is 2.29. The monoisotopic (exact) mass is 286 g/mol. The summed E-state index contributed by atoms with van der Waals surface area (Å²) in [5, 5.41) is 9.78. The van der Waals surface area contributed by atoms with Crippen LogP contribution in [-0.2, 0) is 16.6 Å². The molecule has 19 heavy (non-hydrogen) atoms. The van der Waals surface area contributed by atoms with Gasteiger partial charge < -0.3 is 5.32 Å². The number of aromatic amines is 1. The summed E-state index contributed by atoms with van der Waals surface area (Å²) in [5.74, 6) is 0. The van der Waals surface area contributed by atoms with Gasteiger partial charge in [-0.25, -0.2) is 8.42 Å². The van der Waals surface area contributed by atoms with Crippen LogP contribution in [0.1, 0.15) is 24.6 Å². The van der Waals surface area contributed by atoms with E-state index >= 15 is 0 Å². The minimum atomic E-state index is -3.58. The van der Waals surface area contributed by atoms with Gasteiger partial charge in [0.2, 0.25) is 0 Å². The summed E-state index contributed by atoms with van der Waals surface area (Å²) in [7, 11) is -1.80. The number of nitrogens with zero attached hydrogens (tertiary/aromatic N) is 2. The van der Waals surface area contributed by atoms with Crippen molar-refractivity contribution < 1.29 is 8.42 Å². The maximum absolute atomic E-state index is 12.6. The first-order valence-electron chi connectivity index (χ1n) is 6.28. The molecule has 1 heterocycles. The van der Waals surface area contributed by atoms with Crippen molar-refractivity contribution in [1.29, 1.82) is 0 Å². The van der Waals surface area contributed by atoms with Crippen molar-refractivity contribution in [1.82, 2.24) is 19.8 Å². The zero-order valence-electron chi connectivity index (χ0n) is 11.7. The van der Waals surface area contributed by atoms with Crippen LogP contribution in [0.15, 0.2) is 17.7 Å². The summed E-state index contributed by atoms with van der Waals surface area (Å²) in [4.78, 5) is 0. The minimum Gasteiger partial charge on any atom is -0.316 e. The molecule has 0 saturated heterocycles. The Morgan fingerprint density at radius 3 is 2.74 bits per heavy atom. The molecule has 0 bridgehead atoms. The molecule has 2 N–H and O–H groups in total. The smallest absolute Gasteiger partial charge is 0.262 e. The van der Waals surface area contributed by atoms with Gasteiger partial charge in [0.1, 0.15) is 0 Å². The highest BCUT2D eigenvalue weighted by atomic mass is 32.2. The number of hydrogen-bond acceptors (Lipinski definition) is 4. The third-order valence-corrected chi connectivity index (χ3v) is 4.62. The van der Waals surface area contributed by atoms with Crippen LogP contribution in [0.3, 0.4) is 0 Å². The SMILES string of the molecule is C=CCN(CCC)S(=O)(=O)c1n[nH]c(C)c1CNC. The van der Waals surface area contributed by atoms with Crippen LogP contribution in [0.2, 0.25) is 0 Å². The molecule has 0 aromatic carbocycles. The first-order chi connectivity index (χ1) is 8.98. The summed E-state index contributed by atoms with van der Waals surface area (Å²) in [5.41, 5.74) is 1.45. The maximum atomic E-state index is 12.6. The number of aryl methyl sites for hydroxylation is 1. The van der Waals surface area contributed by atoms with Crippen LogP contribution in [0.4, 0.5) is 0 Å². The Balaban J connectivity index is 3.20. The number of hydrogen-bond donors (Lipinski definition) is 2. The quantitative estimate of drug-likeness (QED) is 0.700. The van der Waals surface area contributed by atoms with Gasteiger partial charge >= 0.3 is 0 Å². The molecule has 0 radical (unpaired) electrons. The second-order valence-electron chi connectivity index (χ2n) is 4.31. The van der Waals surface area contributed by atoms with E-state index in [2.05, 4.69) is 22.1 Å². The molecule has 6 nitrogen and oxygen atoms in total. The fourth-order valence-corrected chi connectivity index (χ4v) is 3.52. The van der Waals surface area contributed by atoms with Gasteiger partial charge in [-0.1, -0.05) is 13.0 Å². The van der Waals surface area contributed by atoms with Gasteiger partial charge in [0, 0.05) is 30.9 Å². The Morgan fingerprint density at radius 1 is 1.53 bits per heavy atom. The molecule has 0 spiro atoms. The molecule has 0 aliphatic heterocycles. The van der Waals surface area contributed by atoms with E-state index in [-0.39, 0.29) is 5.03 Å². The van der Waals surface area contributed by atoms with Crippen molar-refractivity contribution in [3.8, 4) is 0 Å². The van der Waals surface area contributed by atoms with E-state index in [9.17, 15) is 8.42 Å². The summed E-state index contributed by atoms with van der Waals surface area (Å²) >= 11 is 0. The molecule has 0 fully saturated rings. The van der Waals surface area contributed by atoms with Crippen molar-refractivity contribution in [2.45, 2.75) is 31.8 Å². The largest absolute Gasteiger partial charge is 0.316 e. The van der Waals surface area contributed by atoms with E-state index in [1.165, 1.54) is 4.31 Å². The van der Waals surface area contributed by atoms with Gasteiger partial charge in [-0.15, -0.1) is 6.58 Å². The van der Waals surface area contributed by atoms with Crippen molar-refractivity contribution >= 4 is 10.0 Å². The molecule has 0 unspecified atom stereocenters. The van der Waals surface area contributed by atoms with Crippen molar-refractivity contribution in [2.75, 3.05) is 20.1 Å². The minimum absolute atomic E-state index is 0.106. The van der Waals surface area contributed by atoms with Crippen LogP contribution in [0, 0.1) is 6.92 Å². The van der Waals surface area contributed by atoms with Crippen molar-refractivity contribution in [3.63, 3.8) is 0 Å². The average molecular weight is 286 g/mol. The number of nitrogens with one attached hydrogen (secondary N) is 2. The van der Waals surface area contributed by atoms with Crippen molar-refractivity contribution in [2.24, 2.45) is 0 Å². The van der Waals surface area contributed by atoms with Crippen LogP contribution in [0.5, 0.6) is 0 Å². The zero-order valence-corrected chi connectivity index (χ0v) is 12.5. The van der Waals surface area contributed by atoms with E-state index in [4.69, 9.17) is 0 Å². The summed E-state index contributed by atoms with van der Waals surface area (Å²) in [6.45, 7) is 8.58. The van der Waals surface area contributed by atoms with Gasteiger partial charge in [-0.3, -0.25) is 5.10 Å². The third kappa shape index (κ3) is 3.43.